The highest BCUT2D eigenvalue weighted by Gasteiger charge is 2.27. The Bertz CT molecular complexity index is 419. The van der Waals surface area contributed by atoms with Gasteiger partial charge in [-0.25, -0.2) is 4.39 Å². The van der Waals surface area contributed by atoms with Crippen LogP contribution in [0, 0.1) is 5.82 Å². The van der Waals surface area contributed by atoms with Crippen molar-refractivity contribution in [2.24, 2.45) is 0 Å². The molecule has 86 valence electrons. The van der Waals surface area contributed by atoms with Gasteiger partial charge in [0.1, 0.15) is 11.6 Å². The molecular formula is C12H14FNO2. The maximum atomic E-state index is 13.5. The number of phenolic OH excluding ortho intramolecular Hbond substituents is 1. The van der Waals surface area contributed by atoms with E-state index in [9.17, 15) is 9.18 Å². The van der Waals surface area contributed by atoms with Crippen molar-refractivity contribution in [2.75, 3.05) is 6.54 Å². The molecule has 2 rings (SSSR count). The second-order valence-electron chi connectivity index (χ2n) is 4.15. The third-order valence-electron chi connectivity index (χ3n) is 3.00. The Morgan fingerprint density at radius 2 is 2.31 bits per heavy atom. The molecule has 0 aliphatic carbocycles. The minimum atomic E-state index is -0.663. The van der Waals surface area contributed by atoms with Crippen LogP contribution in [-0.4, -0.2) is 28.5 Å². The average molecular weight is 223 g/mol. The minimum absolute atomic E-state index is 0.0338. The summed E-state index contributed by atoms with van der Waals surface area (Å²) in [6.07, 6.45) is 1.93. The van der Waals surface area contributed by atoms with E-state index in [4.69, 9.17) is 5.11 Å². The normalized spacial score (nSPS) is 20.1. The summed E-state index contributed by atoms with van der Waals surface area (Å²) < 4.78 is 13.5. The maximum Gasteiger partial charge on any atom is 0.257 e. The van der Waals surface area contributed by atoms with Crippen molar-refractivity contribution in [1.82, 2.24) is 4.90 Å². The fourth-order valence-electron chi connectivity index (χ4n) is 2.07. The molecule has 4 heteroatoms. The Kier molecular flexibility index (Phi) is 2.81. The number of phenols is 1. The Hall–Kier alpha value is -1.58. The number of amides is 1. The first-order chi connectivity index (χ1) is 7.59. The fourth-order valence-corrected chi connectivity index (χ4v) is 2.07. The van der Waals surface area contributed by atoms with Gasteiger partial charge in [-0.05, 0) is 31.9 Å². The van der Waals surface area contributed by atoms with E-state index in [1.165, 1.54) is 12.1 Å². The van der Waals surface area contributed by atoms with E-state index in [0.29, 0.717) is 6.54 Å². The van der Waals surface area contributed by atoms with Gasteiger partial charge < -0.3 is 10.0 Å². The number of hydrogen-bond acceptors (Lipinski definition) is 2. The molecule has 1 N–H and O–H groups in total. The molecule has 1 atom stereocenters. The van der Waals surface area contributed by atoms with Gasteiger partial charge in [0, 0.05) is 18.7 Å². The molecule has 0 bridgehead atoms. The van der Waals surface area contributed by atoms with Crippen molar-refractivity contribution in [1.29, 1.82) is 0 Å². The SMILES string of the molecule is CC1CCCN1C(=O)c1ccc(O)cc1F. The third kappa shape index (κ3) is 1.87. The summed E-state index contributed by atoms with van der Waals surface area (Å²) >= 11 is 0. The van der Waals surface area contributed by atoms with E-state index in [1.807, 2.05) is 6.92 Å². The van der Waals surface area contributed by atoms with E-state index < -0.39 is 5.82 Å². The van der Waals surface area contributed by atoms with Crippen LogP contribution in [0.2, 0.25) is 0 Å². The molecule has 1 aromatic rings. The third-order valence-corrected chi connectivity index (χ3v) is 3.00. The number of hydrogen-bond donors (Lipinski definition) is 1. The molecule has 0 spiro atoms. The summed E-state index contributed by atoms with van der Waals surface area (Å²) in [6, 6.07) is 3.80. The molecule has 0 aromatic heterocycles. The lowest BCUT2D eigenvalue weighted by molar-refractivity contribution is 0.0742. The van der Waals surface area contributed by atoms with Gasteiger partial charge in [0.25, 0.3) is 5.91 Å². The Balaban J connectivity index is 2.27. The van der Waals surface area contributed by atoms with Crippen LogP contribution >= 0.6 is 0 Å². The summed E-state index contributed by atoms with van der Waals surface area (Å²) in [6.45, 7) is 2.64. The van der Waals surface area contributed by atoms with Crippen molar-refractivity contribution >= 4 is 5.91 Å². The second-order valence-corrected chi connectivity index (χ2v) is 4.15. The standard InChI is InChI=1S/C12H14FNO2/c1-8-3-2-6-14(8)12(16)10-5-4-9(15)7-11(10)13/h4-5,7-8,15H,2-3,6H2,1H3. The molecule has 1 fully saturated rings. The zero-order valence-corrected chi connectivity index (χ0v) is 9.11. The lowest BCUT2D eigenvalue weighted by Gasteiger charge is -2.21. The minimum Gasteiger partial charge on any atom is -0.508 e. The molecule has 1 aromatic carbocycles. The molecule has 1 unspecified atom stereocenters. The topological polar surface area (TPSA) is 40.5 Å². The van der Waals surface area contributed by atoms with Crippen LogP contribution in [0.1, 0.15) is 30.1 Å². The van der Waals surface area contributed by atoms with Crippen LogP contribution in [0.4, 0.5) is 4.39 Å². The van der Waals surface area contributed by atoms with Gasteiger partial charge in [0.2, 0.25) is 0 Å². The Morgan fingerprint density at radius 3 is 2.88 bits per heavy atom. The first-order valence-electron chi connectivity index (χ1n) is 5.39. The Morgan fingerprint density at radius 1 is 1.56 bits per heavy atom. The molecule has 1 aliphatic heterocycles. The molecule has 3 nitrogen and oxygen atoms in total. The number of aromatic hydroxyl groups is 1. The van der Waals surface area contributed by atoms with Gasteiger partial charge in [-0.15, -0.1) is 0 Å². The highest BCUT2D eigenvalue weighted by Crippen LogP contribution is 2.22. The number of likely N-dealkylation sites (tertiary alicyclic amines) is 1. The predicted molar refractivity (Wildman–Crippen MR) is 57.8 cm³/mol. The van der Waals surface area contributed by atoms with E-state index in [-0.39, 0.29) is 23.3 Å². The van der Waals surface area contributed by atoms with Gasteiger partial charge in [-0.2, -0.15) is 0 Å². The van der Waals surface area contributed by atoms with Gasteiger partial charge >= 0.3 is 0 Å². The number of nitrogens with zero attached hydrogens (tertiary/aromatic N) is 1. The Labute approximate surface area is 93.5 Å². The predicted octanol–water partition coefficient (Wildman–Crippen LogP) is 2.16. The number of rotatable bonds is 1. The lowest BCUT2D eigenvalue weighted by atomic mass is 10.1. The van der Waals surface area contributed by atoms with E-state index >= 15 is 0 Å². The first-order valence-corrected chi connectivity index (χ1v) is 5.39. The van der Waals surface area contributed by atoms with Crippen LogP contribution in [-0.2, 0) is 0 Å². The zero-order chi connectivity index (χ0) is 11.7. The summed E-state index contributed by atoms with van der Waals surface area (Å²) in [5, 5.41) is 9.07. The number of halogens is 1. The van der Waals surface area contributed by atoms with Crippen LogP contribution in [0.3, 0.4) is 0 Å². The first kappa shape index (κ1) is 10.9. The largest absolute Gasteiger partial charge is 0.508 e. The molecule has 0 radical (unpaired) electrons. The molecule has 1 amide bonds. The van der Waals surface area contributed by atoms with Crippen molar-refractivity contribution in [3.8, 4) is 5.75 Å². The summed E-state index contributed by atoms with van der Waals surface area (Å²) in [5.74, 6) is -1.12. The maximum absolute atomic E-state index is 13.5. The smallest absolute Gasteiger partial charge is 0.257 e. The molecule has 1 heterocycles. The second kappa shape index (κ2) is 4.12. The van der Waals surface area contributed by atoms with Crippen LogP contribution < -0.4 is 0 Å². The van der Waals surface area contributed by atoms with Crippen molar-refractivity contribution < 1.29 is 14.3 Å². The number of carbonyl (C=O) groups excluding carboxylic acids is 1. The van der Waals surface area contributed by atoms with Gasteiger partial charge in [0.15, 0.2) is 0 Å². The van der Waals surface area contributed by atoms with Crippen molar-refractivity contribution in [3.05, 3.63) is 29.6 Å². The molecule has 16 heavy (non-hydrogen) atoms. The van der Waals surface area contributed by atoms with Gasteiger partial charge in [-0.1, -0.05) is 0 Å². The van der Waals surface area contributed by atoms with Crippen LogP contribution in [0.5, 0.6) is 5.75 Å². The average Bonchev–Trinajstić information content (AvgIpc) is 2.63. The lowest BCUT2D eigenvalue weighted by Crippen LogP contribution is -2.34. The highest BCUT2D eigenvalue weighted by atomic mass is 19.1. The van der Waals surface area contributed by atoms with Crippen LogP contribution in [0.15, 0.2) is 18.2 Å². The van der Waals surface area contributed by atoms with E-state index in [1.54, 1.807) is 4.90 Å². The fraction of sp³-hybridized carbons (Fsp3) is 0.417. The van der Waals surface area contributed by atoms with Crippen LogP contribution in [0.25, 0.3) is 0 Å². The summed E-state index contributed by atoms with van der Waals surface area (Å²) in [4.78, 5) is 13.7. The summed E-state index contributed by atoms with van der Waals surface area (Å²) in [7, 11) is 0. The molecule has 1 saturated heterocycles. The summed E-state index contributed by atoms with van der Waals surface area (Å²) in [5.41, 5.74) is 0.0338. The van der Waals surface area contributed by atoms with E-state index in [2.05, 4.69) is 0 Å². The zero-order valence-electron chi connectivity index (χ0n) is 9.11. The number of benzene rings is 1. The van der Waals surface area contributed by atoms with Gasteiger partial charge in [-0.3, -0.25) is 4.79 Å². The van der Waals surface area contributed by atoms with Crippen molar-refractivity contribution in [2.45, 2.75) is 25.8 Å². The molecule has 1 aliphatic rings. The van der Waals surface area contributed by atoms with E-state index in [0.717, 1.165) is 18.9 Å². The van der Waals surface area contributed by atoms with Gasteiger partial charge in [0.05, 0.1) is 5.56 Å². The number of carbonyl (C=O) groups is 1. The van der Waals surface area contributed by atoms with Crippen molar-refractivity contribution in [3.63, 3.8) is 0 Å². The molecule has 0 saturated carbocycles. The quantitative estimate of drug-likeness (QED) is 0.792. The highest BCUT2D eigenvalue weighted by molar-refractivity contribution is 5.95. The molecular weight excluding hydrogens is 209 g/mol. The monoisotopic (exact) mass is 223 g/mol.